The summed E-state index contributed by atoms with van der Waals surface area (Å²) >= 11 is 0. The fraction of sp³-hybridized carbons (Fsp3) is 0.571. The van der Waals surface area contributed by atoms with Crippen LogP contribution in [0.2, 0.25) is 0 Å². The molecule has 2 rings (SSSR count). The van der Waals surface area contributed by atoms with Crippen LogP contribution in [0.15, 0.2) is 24.3 Å². The van der Waals surface area contributed by atoms with E-state index in [1.54, 1.807) is 0 Å². The fourth-order valence-corrected chi connectivity index (χ4v) is 2.21. The molecule has 1 saturated heterocycles. The molecule has 1 aliphatic rings. The third-order valence-corrected chi connectivity index (χ3v) is 3.37. The van der Waals surface area contributed by atoms with Crippen LogP contribution >= 0.6 is 0 Å². The first-order chi connectivity index (χ1) is 8.74. The van der Waals surface area contributed by atoms with Gasteiger partial charge in [-0.3, -0.25) is 0 Å². The van der Waals surface area contributed by atoms with Crippen LogP contribution in [0.25, 0.3) is 0 Å². The summed E-state index contributed by atoms with van der Waals surface area (Å²) in [6.07, 6.45) is 0.248. The number of aliphatic hydroxyl groups is 2. The summed E-state index contributed by atoms with van der Waals surface area (Å²) in [4.78, 5) is 2.20. The van der Waals surface area contributed by atoms with E-state index in [9.17, 15) is 5.11 Å². The van der Waals surface area contributed by atoms with Crippen LogP contribution in [0.3, 0.4) is 0 Å². The lowest BCUT2D eigenvalue weighted by atomic mass is 10.1. The number of ether oxygens (including phenoxy) is 1. The molecule has 1 aromatic rings. The van der Waals surface area contributed by atoms with E-state index in [2.05, 4.69) is 4.90 Å². The molecule has 4 heteroatoms. The van der Waals surface area contributed by atoms with Crippen LogP contribution in [0, 0.1) is 0 Å². The molecule has 100 valence electrons. The van der Waals surface area contributed by atoms with E-state index < -0.39 is 0 Å². The van der Waals surface area contributed by atoms with Gasteiger partial charge in [0.25, 0.3) is 0 Å². The highest BCUT2D eigenvalue weighted by Crippen LogP contribution is 2.22. The topological polar surface area (TPSA) is 52.9 Å². The second kappa shape index (κ2) is 6.18. The number of aliphatic hydroxyl groups excluding tert-OH is 2. The normalized spacial score (nSPS) is 21.9. The van der Waals surface area contributed by atoms with Gasteiger partial charge in [-0.2, -0.15) is 0 Å². The summed E-state index contributed by atoms with van der Waals surface area (Å²) < 4.78 is 5.43. The smallest absolute Gasteiger partial charge is 0.0980 e. The Bertz CT molecular complexity index is 366. The highest BCUT2D eigenvalue weighted by atomic mass is 16.5. The predicted octanol–water partition coefficient (Wildman–Crippen LogP) is 1.33. The number of nitrogens with zero attached hydrogens (tertiary/aromatic N) is 1. The molecule has 1 heterocycles. The minimum Gasteiger partial charge on any atom is -0.394 e. The molecule has 2 N–H and O–H groups in total. The van der Waals surface area contributed by atoms with Crippen molar-refractivity contribution in [3.63, 3.8) is 0 Å². The number of anilines is 1. The van der Waals surface area contributed by atoms with Crippen molar-refractivity contribution in [3.8, 4) is 0 Å². The van der Waals surface area contributed by atoms with Crippen molar-refractivity contribution in [1.29, 1.82) is 0 Å². The van der Waals surface area contributed by atoms with Gasteiger partial charge in [-0.1, -0.05) is 19.1 Å². The average molecular weight is 251 g/mol. The molecule has 0 spiro atoms. The summed E-state index contributed by atoms with van der Waals surface area (Å²) in [5.74, 6) is 0. The number of benzene rings is 1. The summed E-state index contributed by atoms with van der Waals surface area (Å²) in [6.45, 7) is 4.22. The molecule has 2 atom stereocenters. The Hall–Kier alpha value is -1.10. The van der Waals surface area contributed by atoms with Crippen molar-refractivity contribution in [3.05, 3.63) is 29.8 Å². The minimum atomic E-state index is -0.381. The lowest BCUT2D eigenvalue weighted by molar-refractivity contribution is 0.00356. The summed E-state index contributed by atoms with van der Waals surface area (Å²) in [5, 5.41) is 18.9. The Morgan fingerprint density at radius 1 is 1.39 bits per heavy atom. The first kappa shape index (κ1) is 13.3. The van der Waals surface area contributed by atoms with Crippen molar-refractivity contribution in [1.82, 2.24) is 0 Å². The number of rotatable bonds is 4. The van der Waals surface area contributed by atoms with Gasteiger partial charge in [0.2, 0.25) is 0 Å². The lowest BCUT2D eigenvalue weighted by Crippen LogP contribution is -2.44. The lowest BCUT2D eigenvalue weighted by Gasteiger charge is -2.33. The predicted molar refractivity (Wildman–Crippen MR) is 70.7 cm³/mol. The largest absolute Gasteiger partial charge is 0.394 e. The first-order valence-corrected chi connectivity index (χ1v) is 6.50. The SMILES string of the molecule is CCC(O)c1ccc(N2CCOC(CO)C2)cc1. The molecule has 0 bridgehead atoms. The van der Waals surface area contributed by atoms with Gasteiger partial charge in [-0.15, -0.1) is 0 Å². The molecule has 0 radical (unpaired) electrons. The van der Waals surface area contributed by atoms with Gasteiger partial charge in [-0.25, -0.2) is 0 Å². The summed E-state index contributed by atoms with van der Waals surface area (Å²) in [5.41, 5.74) is 2.07. The highest BCUT2D eigenvalue weighted by Gasteiger charge is 2.19. The third kappa shape index (κ3) is 3.02. The maximum absolute atomic E-state index is 9.74. The van der Waals surface area contributed by atoms with Gasteiger partial charge in [0.15, 0.2) is 0 Å². The Labute approximate surface area is 108 Å². The van der Waals surface area contributed by atoms with Gasteiger partial charge < -0.3 is 19.8 Å². The highest BCUT2D eigenvalue weighted by molar-refractivity contribution is 5.48. The Morgan fingerprint density at radius 3 is 2.72 bits per heavy atom. The second-order valence-electron chi connectivity index (χ2n) is 4.64. The average Bonchev–Trinajstić information content (AvgIpc) is 2.46. The van der Waals surface area contributed by atoms with Crippen LogP contribution < -0.4 is 4.90 Å². The van der Waals surface area contributed by atoms with Crippen molar-refractivity contribution < 1.29 is 14.9 Å². The maximum Gasteiger partial charge on any atom is 0.0980 e. The van der Waals surface area contributed by atoms with Crippen LogP contribution in [0.4, 0.5) is 5.69 Å². The van der Waals surface area contributed by atoms with E-state index in [-0.39, 0.29) is 18.8 Å². The van der Waals surface area contributed by atoms with Crippen LogP contribution in [0.5, 0.6) is 0 Å². The quantitative estimate of drug-likeness (QED) is 0.847. The van der Waals surface area contributed by atoms with Crippen LogP contribution in [-0.2, 0) is 4.74 Å². The summed E-state index contributed by atoms with van der Waals surface area (Å²) in [6, 6.07) is 7.97. The van der Waals surface area contributed by atoms with Crippen LogP contribution in [-0.4, -0.2) is 42.6 Å². The Morgan fingerprint density at radius 2 is 2.11 bits per heavy atom. The van der Waals surface area contributed by atoms with E-state index in [1.165, 1.54) is 0 Å². The Balaban J connectivity index is 2.04. The van der Waals surface area contributed by atoms with Gasteiger partial charge in [0.05, 0.1) is 25.4 Å². The number of hydrogen-bond donors (Lipinski definition) is 2. The van der Waals surface area contributed by atoms with Gasteiger partial charge in [0, 0.05) is 18.8 Å². The molecule has 0 saturated carbocycles. The van der Waals surface area contributed by atoms with Crippen molar-refractivity contribution in [2.45, 2.75) is 25.6 Å². The van der Waals surface area contributed by atoms with E-state index in [0.29, 0.717) is 13.2 Å². The molecule has 0 aliphatic carbocycles. The minimum absolute atomic E-state index is 0.0587. The molecule has 4 nitrogen and oxygen atoms in total. The number of hydrogen-bond acceptors (Lipinski definition) is 4. The first-order valence-electron chi connectivity index (χ1n) is 6.50. The van der Waals surface area contributed by atoms with Crippen molar-refractivity contribution in [2.24, 2.45) is 0 Å². The molecule has 2 unspecified atom stereocenters. The summed E-state index contributed by atoms with van der Waals surface area (Å²) in [7, 11) is 0. The standard InChI is InChI=1S/C14H21NO3/c1-2-14(17)11-3-5-12(6-4-11)15-7-8-18-13(9-15)10-16/h3-6,13-14,16-17H,2,7-10H2,1H3. The van der Waals surface area contributed by atoms with Crippen LogP contribution in [0.1, 0.15) is 25.0 Å². The van der Waals surface area contributed by atoms with Crippen molar-refractivity contribution >= 4 is 5.69 Å². The monoisotopic (exact) mass is 251 g/mol. The molecule has 1 fully saturated rings. The zero-order valence-corrected chi connectivity index (χ0v) is 10.7. The van der Waals surface area contributed by atoms with E-state index in [0.717, 1.165) is 24.2 Å². The molecule has 18 heavy (non-hydrogen) atoms. The molecular weight excluding hydrogens is 230 g/mol. The van der Waals surface area contributed by atoms with E-state index in [4.69, 9.17) is 9.84 Å². The molecule has 0 aromatic heterocycles. The molecule has 0 amide bonds. The van der Waals surface area contributed by atoms with Gasteiger partial charge >= 0.3 is 0 Å². The third-order valence-electron chi connectivity index (χ3n) is 3.37. The molecule has 1 aliphatic heterocycles. The van der Waals surface area contributed by atoms with E-state index >= 15 is 0 Å². The fourth-order valence-electron chi connectivity index (χ4n) is 2.21. The second-order valence-corrected chi connectivity index (χ2v) is 4.64. The maximum atomic E-state index is 9.74. The van der Waals surface area contributed by atoms with Gasteiger partial charge in [-0.05, 0) is 24.1 Å². The van der Waals surface area contributed by atoms with Gasteiger partial charge in [0.1, 0.15) is 0 Å². The molecular formula is C14H21NO3. The number of morpholine rings is 1. The molecule has 1 aromatic carbocycles. The zero-order valence-electron chi connectivity index (χ0n) is 10.7. The Kier molecular flexibility index (Phi) is 4.58. The van der Waals surface area contributed by atoms with E-state index in [1.807, 2.05) is 31.2 Å². The van der Waals surface area contributed by atoms with Crippen molar-refractivity contribution in [2.75, 3.05) is 31.2 Å². The zero-order chi connectivity index (χ0) is 13.0.